The average Bonchev–Trinajstić information content (AvgIpc) is 2.50. The Balaban J connectivity index is 2.21. The molecule has 0 N–H and O–H groups in total. The Hall–Kier alpha value is -2.22. The molecule has 2 aromatic rings. The van der Waals surface area contributed by atoms with Crippen LogP contribution < -0.4 is 9.47 Å². The lowest BCUT2D eigenvalue weighted by Gasteiger charge is -2.19. The molecule has 3 rings (SSSR count). The van der Waals surface area contributed by atoms with Crippen LogP contribution >= 0.6 is 0 Å². The highest BCUT2D eigenvalue weighted by Crippen LogP contribution is 2.36. The zero-order valence-electron chi connectivity index (χ0n) is 12.8. The summed E-state index contributed by atoms with van der Waals surface area (Å²) in [6, 6.07) is 14.6. The van der Waals surface area contributed by atoms with Gasteiger partial charge in [0.25, 0.3) is 0 Å². The van der Waals surface area contributed by atoms with Gasteiger partial charge in [0.2, 0.25) is 0 Å². The van der Waals surface area contributed by atoms with Crippen molar-refractivity contribution < 1.29 is 9.47 Å². The third-order valence-corrected chi connectivity index (χ3v) is 3.99. The van der Waals surface area contributed by atoms with Crippen LogP contribution in [0.5, 0.6) is 11.5 Å². The summed E-state index contributed by atoms with van der Waals surface area (Å²) < 4.78 is 11.8. The van der Waals surface area contributed by atoms with Crippen molar-refractivity contribution in [1.29, 1.82) is 0 Å². The number of allylic oxidation sites excluding steroid dienone is 2. The average molecular weight is 280 g/mol. The van der Waals surface area contributed by atoms with Crippen molar-refractivity contribution in [3.63, 3.8) is 0 Å². The van der Waals surface area contributed by atoms with Gasteiger partial charge >= 0.3 is 0 Å². The number of rotatable bonds is 0. The van der Waals surface area contributed by atoms with Crippen LogP contribution in [0.15, 0.2) is 42.5 Å². The molecule has 21 heavy (non-hydrogen) atoms. The lowest BCUT2D eigenvalue weighted by atomic mass is 9.95. The van der Waals surface area contributed by atoms with E-state index in [1.807, 2.05) is 12.1 Å². The van der Waals surface area contributed by atoms with Crippen molar-refractivity contribution in [2.24, 2.45) is 0 Å². The summed E-state index contributed by atoms with van der Waals surface area (Å²) in [6.07, 6.45) is 0. The standard InChI is InChI=1S/C19H20O2/c1-13-8-9-17-15(3)14(2)16-6-4-5-7-18(16)20-10-11-21-19(17)12-13/h4-9,12H,10-11H2,1-3H3/b15-14-. The summed E-state index contributed by atoms with van der Waals surface area (Å²) in [5, 5.41) is 0. The molecule has 0 radical (unpaired) electrons. The maximum atomic E-state index is 5.92. The Bertz CT molecular complexity index is 698. The predicted octanol–water partition coefficient (Wildman–Crippen LogP) is 4.72. The fourth-order valence-corrected chi connectivity index (χ4v) is 2.67. The molecule has 1 aliphatic heterocycles. The number of hydrogen-bond acceptors (Lipinski definition) is 2. The molecule has 1 heterocycles. The molecule has 2 heteroatoms. The van der Waals surface area contributed by atoms with Crippen LogP contribution in [0.25, 0.3) is 11.1 Å². The minimum atomic E-state index is 0.552. The highest BCUT2D eigenvalue weighted by Gasteiger charge is 2.14. The summed E-state index contributed by atoms with van der Waals surface area (Å²) in [5.74, 6) is 1.86. The third kappa shape index (κ3) is 2.66. The lowest BCUT2D eigenvalue weighted by Crippen LogP contribution is -2.12. The van der Waals surface area contributed by atoms with Gasteiger partial charge in [-0.25, -0.2) is 0 Å². The summed E-state index contributed by atoms with van der Waals surface area (Å²) >= 11 is 0. The molecular formula is C19H20O2. The molecule has 0 spiro atoms. The monoisotopic (exact) mass is 280 g/mol. The fourth-order valence-electron chi connectivity index (χ4n) is 2.67. The van der Waals surface area contributed by atoms with E-state index in [0.717, 1.165) is 22.6 Å². The number of fused-ring (bicyclic) bond motifs is 2. The first-order chi connectivity index (χ1) is 10.2. The van der Waals surface area contributed by atoms with Gasteiger partial charge in [0.15, 0.2) is 0 Å². The summed E-state index contributed by atoms with van der Waals surface area (Å²) in [6.45, 7) is 7.47. The van der Waals surface area contributed by atoms with Crippen molar-refractivity contribution in [2.45, 2.75) is 20.8 Å². The van der Waals surface area contributed by atoms with Crippen LogP contribution in [0.2, 0.25) is 0 Å². The normalized spacial score (nSPS) is 18.0. The van der Waals surface area contributed by atoms with E-state index >= 15 is 0 Å². The molecule has 2 nitrogen and oxygen atoms in total. The minimum Gasteiger partial charge on any atom is -0.489 e. The minimum absolute atomic E-state index is 0.552. The number of benzene rings is 2. The van der Waals surface area contributed by atoms with E-state index < -0.39 is 0 Å². The zero-order valence-corrected chi connectivity index (χ0v) is 12.8. The molecule has 0 saturated carbocycles. The van der Waals surface area contributed by atoms with Gasteiger partial charge in [-0.05, 0) is 49.6 Å². The van der Waals surface area contributed by atoms with E-state index in [2.05, 4.69) is 51.1 Å². The molecule has 1 aliphatic rings. The van der Waals surface area contributed by atoms with E-state index in [4.69, 9.17) is 9.47 Å². The van der Waals surface area contributed by atoms with E-state index in [9.17, 15) is 0 Å². The highest BCUT2D eigenvalue weighted by atomic mass is 16.5. The first-order valence-corrected chi connectivity index (χ1v) is 7.30. The van der Waals surface area contributed by atoms with Crippen molar-refractivity contribution in [3.05, 3.63) is 59.2 Å². The molecule has 2 aromatic carbocycles. The Morgan fingerprint density at radius 1 is 0.714 bits per heavy atom. The molecule has 0 amide bonds. The number of ether oxygens (including phenoxy) is 2. The Labute approximate surface area is 126 Å². The Morgan fingerprint density at radius 3 is 2.10 bits per heavy atom. The van der Waals surface area contributed by atoms with Crippen molar-refractivity contribution in [3.8, 4) is 11.5 Å². The maximum absolute atomic E-state index is 5.92. The number of aryl methyl sites for hydroxylation is 1. The molecule has 0 atom stereocenters. The van der Waals surface area contributed by atoms with Crippen molar-refractivity contribution >= 4 is 11.1 Å². The molecule has 0 saturated heterocycles. The van der Waals surface area contributed by atoms with Crippen LogP contribution in [-0.2, 0) is 0 Å². The zero-order chi connectivity index (χ0) is 14.8. The molecule has 108 valence electrons. The third-order valence-electron chi connectivity index (χ3n) is 3.99. The summed E-state index contributed by atoms with van der Waals surface area (Å²) in [5.41, 5.74) is 5.97. The molecule has 0 aliphatic carbocycles. The quantitative estimate of drug-likeness (QED) is 0.695. The lowest BCUT2D eigenvalue weighted by molar-refractivity contribution is 0.216. The smallest absolute Gasteiger partial charge is 0.127 e. The van der Waals surface area contributed by atoms with Crippen LogP contribution in [-0.4, -0.2) is 13.2 Å². The molecule has 0 fully saturated rings. The van der Waals surface area contributed by atoms with Gasteiger partial charge in [-0.2, -0.15) is 0 Å². The molecule has 0 aromatic heterocycles. The fraction of sp³-hybridized carbons (Fsp3) is 0.263. The molecule has 0 bridgehead atoms. The van der Waals surface area contributed by atoms with E-state index in [-0.39, 0.29) is 0 Å². The van der Waals surface area contributed by atoms with Gasteiger partial charge in [-0.1, -0.05) is 30.3 Å². The Morgan fingerprint density at radius 2 is 1.33 bits per heavy atom. The van der Waals surface area contributed by atoms with Gasteiger partial charge in [0.05, 0.1) is 0 Å². The molecule has 0 unspecified atom stereocenters. The topological polar surface area (TPSA) is 18.5 Å². The van der Waals surface area contributed by atoms with Crippen LogP contribution in [0, 0.1) is 6.92 Å². The van der Waals surface area contributed by atoms with Gasteiger partial charge in [0.1, 0.15) is 24.7 Å². The largest absolute Gasteiger partial charge is 0.489 e. The maximum Gasteiger partial charge on any atom is 0.127 e. The second kappa shape index (κ2) is 5.65. The van der Waals surface area contributed by atoms with Crippen LogP contribution in [0.3, 0.4) is 0 Å². The predicted molar refractivity (Wildman–Crippen MR) is 86.8 cm³/mol. The second-order valence-corrected chi connectivity index (χ2v) is 5.44. The first kappa shape index (κ1) is 13.7. The van der Waals surface area contributed by atoms with Gasteiger partial charge in [-0.3, -0.25) is 0 Å². The SMILES string of the molecule is C/C1=C(\C)c2ccc(C)cc2OCCOc2ccccc21. The van der Waals surface area contributed by atoms with Crippen molar-refractivity contribution in [1.82, 2.24) is 0 Å². The van der Waals surface area contributed by atoms with Crippen LogP contribution in [0.1, 0.15) is 30.5 Å². The van der Waals surface area contributed by atoms with Gasteiger partial charge in [0, 0.05) is 11.1 Å². The van der Waals surface area contributed by atoms with Crippen molar-refractivity contribution in [2.75, 3.05) is 13.2 Å². The van der Waals surface area contributed by atoms with E-state index in [1.165, 1.54) is 16.7 Å². The van der Waals surface area contributed by atoms with E-state index in [0.29, 0.717) is 13.2 Å². The highest BCUT2D eigenvalue weighted by molar-refractivity contribution is 5.92. The van der Waals surface area contributed by atoms with E-state index in [1.54, 1.807) is 0 Å². The van der Waals surface area contributed by atoms with Crippen LogP contribution in [0.4, 0.5) is 0 Å². The number of hydrogen-bond donors (Lipinski definition) is 0. The first-order valence-electron chi connectivity index (χ1n) is 7.30. The summed E-state index contributed by atoms with van der Waals surface area (Å²) in [4.78, 5) is 0. The second-order valence-electron chi connectivity index (χ2n) is 5.44. The van der Waals surface area contributed by atoms with Gasteiger partial charge in [-0.15, -0.1) is 0 Å². The summed E-state index contributed by atoms with van der Waals surface area (Å²) in [7, 11) is 0. The van der Waals surface area contributed by atoms with Gasteiger partial charge < -0.3 is 9.47 Å². The molecular weight excluding hydrogens is 260 g/mol. The Kier molecular flexibility index (Phi) is 3.70. The number of para-hydroxylation sites is 1.